The van der Waals surface area contributed by atoms with Gasteiger partial charge in [0.1, 0.15) is 5.69 Å². The zero-order valence-electron chi connectivity index (χ0n) is 14.7. The van der Waals surface area contributed by atoms with Crippen LogP contribution < -0.4 is 10.6 Å². The molecule has 1 atom stereocenters. The fraction of sp³-hybridized carbons (Fsp3) is 0.350. The van der Waals surface area contributed by atoms with E-state index >= 15 is 0 Å². The monoisotopic (exact) mass is 371 g/mol. The minimum Gasteiger partial charge on any atom is -0.348 e. The van der Waals surface area contributed by atoms with Gasteiger partial charge in [-0.1, -0.05) is 29.8 Å². The van der Waals surface area contributed by atoms with Crippen LogP contribution in [0.4, 0.5) is 0 Å². The fourth-order valence-electron chi connectivity index (χ4n) is 3.18. The number of carbonyl (C=O) groups is 2. The highest BCUT2D eigenvalue weighted by molar-refractivity contribution is 6.30. The van der Waals surface area contributed by atoms with Crippen LogP contribution in [0.3, 0.4) is 0 Å². The van der Waals surface area contributed by atoms with Crippen molar-refractivity contribution in [3.05, 3.63) is 63.9 Å². The Kier molecular flexibility index (Phi) is 5.89. The zero-order chi connectivity index (χ0) is 18.5. The normalized spacial score (nSPS) is 14.2. The number of hydrogen-bond acceptors (Lipinski definition) is 3. The number of aromatic nitrogens is 1. The number of benzene rings is 1. The topological polar surface area (TPSA) is 71.1 Å². The Balaban J connectivity index is 1.53. The van der Waals surface area contributed by atoms with E-state index in [1.54, 1.807) is 6.07 Å². The molecule has 0 fully saturated rings. The molecule has 2 amide bonds. The van der Waals surface area contributed by atoms with Crippen molar-refractivity contribution in [1.82, 2.24) is 15.6 Å². The Labute approximate surface area is 158 Å². The number of halogens is 1. The molecule has 1 aliphatic carbocycles. The molecule has 2 aromatic rings. The third-order valence-electron chi connectivity index (χ3n) is 4.61. The first-order valence-corrected chi connectivity index (χ1v) is 9.21. The minimum absolute atomic E-state index is 0.109. The summed E-state index contributed by atoms with van der Waals surface area (Å²) in [6.45, 7) is 1.84. The predicted octanol–water partition coefficient (Wildman–Crippen LogP) is 3.22. The molecule has 1 heterocycles. The smallest absolute Gasteiger partial charge is 0.270 e. The molecule has 26 heavy (non-hydrogen) atoms. The lowest BCUT2D eigenvalue weighted by Gasteiger charge is -2.20. The summed E-state index contributed by atoms with van der Waals surface area (Å²) in [5.74, 6) is -0.672. The van der Waals surface area contributed by atoms with Gasteiger partial charge in [-0.15, -0.1) is 0 Å². The Morgan fingerprint density at radius 2 is 1.92 bits per heavy atom. The Bertz CT molecular complexity index is 822. The van der Waals surface area contributed by atoms with Gasteiger partial charge in [0.05, 0.1) is 12.6 Å². The number of nitrogens with one attached hydrogen (secondary N) is 2. The molecule has 2 N–H and O–H groups in total. The molecule has 0 spiro atoms. The van der Waals surface area contributed by atoms with Gasteiger partial charge in [-0.3, -0.25) is 14.6 Å². The summed E-state index contributed by atoms with van der Waals surface area (Å²) >= 11 is 5.84. The summed E-state index contributed by atoms with van der Waals surface area (Å²) in [7, 11) is 0. The highest BCUT2D eigenvalue weighted by Gasteiger charge is 2.15. The Hall–Kier alpha value is -2.40. The van der Waals surface area contributed by atoms with Crippen LogP contribution in [0.2, 0.25) is 5.02 Å². The van der Waals surface area contributed by atoms with Crippen molar-refractivity contribution in [2.24, 2.45) is 0 Å². The molecule has 0 bridgehead atoms. The van der Waals surface area contributed by atoms with E-state index in [2.05, 4.69) is 33.8 Å². The Morgan fingerprint density at radius 3 is 2.69 bits per heavy atom. The van der Waals surface area contributed by atoms with Crippen molar-refractivity contribution in [1.29, 1.82) is 0 Å². The lowest BCUT2D eigenvalue weighted by molar-refractivity contribution is -0.120. The van der Waals surface area contributed by atoms with E-state index in [4.69, 9.17) is 11.6 Å². The first kappa shape index (κ1) is 18.4. The van der Waals surface area contributed by atoms with E-state index in [-0.39, 0.29) is 24.2 Å². The molecular weight excluding hydrogens is 350 g/mol. The van der Waals surface area contributed by atoms with Crippen LogP contribution in [0, 0.1) is 0 Å². The van der Waals surface area contributed by atoms with Gasteiger partial charge in [0.25, 0.3) is 5.91 Å². The maximum Gasteiger partial charge on any atom is 0.270 e. The van der Waals surface area contributed by atoms with Gasteiger partial charge in [0.2, 0.25) is 5.91 Å². The van der Waals surface area contributed by atoms with Crippen LogP contribution in [0.5, 0.6) is 0 Å². The quantitative estimate of drug-likeness (QED) is 0.847. The third-order valence-corrected chi connectivity index (χ3v) is 4.85. The number of aryl methyl sites for hydroxylation is 2. The van der Waals surface area contributed by atoms with E-state index in [0.717, 1.165) is 18.4 Å². The number of hydrogen-bond donors (Lipinski definition) is 2. The first-order chi connectivity index (χ1) is 12.5. The largest absolute Gasteiger partial charge is 0.348 e. The van der Waals surface area contributed by atoms with Crippen molar-refractivity contribution < 1.29 is 9.59 Å². The van der Waals surface area contributed by atoms with Crippen molar-refractivity contribution in [2.75, 3.05) is 6.54 Å². The number of amides is 2. The second-order valence-electron chi connectivity index (χ2n) is 6.57. The number of nitrogens with zero attached hydrogens (tertiary/aromatic N) is 1. The molecule has 1 aliphatic rings. The highest BCUT2D eigenvalue weighted by atomic mass is 35.5. The van der Waals surface area contributed by atoms with E-state index in [1.807, 2.05) is 6.92 Å². The molecule has 6 heteroatoms. The van der Waals surface area contributed by atoms with Crippen molar-refractivity contribution in [3.8, 4) is 0 Å². The van der Waals surface area contributed by atoms with Crippen molar-refractivity contribution in [3.63, 3.8) is 0 Å². The molecule has 3 rings (SSSR count). The van der Waals surface area contributed by atoms with Crippen LogP contribution in [0.15, 0.2) is 36.5 Å². The van der Waals surface area contributed by atoms with E-state index < -0.39 is 5.91 Å². The summed E-state index contributed by atoms with van der Waals surface area (Å²) < 4.78 is 0. The lowest BCUT2D eigenvalue weighted by Crippen LogP contribution is -2.38. The summed E-state index contributed by atoms with van der Waals surface area (Å²) in [6.07, 6.45) is 6.17. The van der Waals surface area contributed by atoms with Crippen LogP contribution in [0.1, 0.15) is 53.0 Å². The second kappa shape index (κ2) is 8.32. The van der Waals surface area contributed by atoms with Crippen LogP contribution in [-0.2, 0) is 17.6 Å². The SMILES string of the molecule is C[C@@H](NC(=O)CNC(=O)c1cc(Cl)ccn1)c1ccc2c(c1)CCCC2. The summed E-state index contributed by atoms with van der Waals surface area (Å²) in [5, 5.41) is 5.91. The van der Waals surface area contributed by atoms with Gasteiger partial charge in [0.15, 0.2) is 0 Å². The zero-order valence-corrected chi connectivity index (χ0v) is 15.5. The lowest BCUT2D eigenvalue weighted by atomic mass is 9.89. The molecule has 0 unspecified atom stereocenters. The van der Waals surface area contributed by atoms with Crippen LogP contribution in [-0.4, -0.2) is 23.3 Å². The second-order valence-corrected chi connectivity index (χ2v) is 7.00. The molecular formula is C20H22ClN3O2. The maximum absolute atomic E-state index is 12.1. The fourth-order valence-corrected chi connectivity index (χ4v) is 3.34. The molecule has 5 nitrogen and oxygen atoms in total. The van der Waals surface area contributed by atoms with Crippen molar-refractivity contribution >= 4 is 23.4 Å². The molecule has 0 saturated heterocycles. The molecule has 1 aromatic carbocycles. The van der Waals surface area contributed by atoms with E-state index in [0.29, 0.717) is 5.02 Å². The van der Waals surface area contributed by atoms with E-state index in [1.165, 1.54) is 36.2 Å². The summed E-state index contributed by atoms with van der Waals surface area (Å²) in [5.41, 5.74) is 4.07. The van der Waals surface area contributed by atoms with Gasteiger partial charge < -0.3 is 10.6 Å². The average molecular weight is 372 g/mol. The van der Waals surface area contributed by atoms with Crippen molar-refractivity contribution in [2.45, 2.75) is 38.6 Å². The maximum atomic E-state index is 12.1. The molecule has 1 aromatic heterocycles. The average Bonchev–Trinajstić information content (AvgIpc) is 2.65. The van der Waals surface area contributed by atoms with Gasteiger partial charge in [0, 0.05) is 11.2 Å². The minimum atomic E-state index is -0.427. The molecule has 0 aliphatic heterocycles. The summed E-state index contributed by atoms with van der Waals surface area (Å²) in [4.78, 5) is 28.1. The Morgan fingerprint density at radius 1 is 1.15 bits per heavy atom. The van der Waals surface area contributed by atoms with E-state index in [9.17, 15) is 9.59 Å². The molecule has 136 valence electrons. The number of carbonyl (C=O) groups excluding carboxylic acids is 2. The molecule has 0 radical (unpaired) electrons. The number of rotatable bonds is 5. The van der Waals surface area contributed by atoms with Crippen LogP contribution >= 0.6 is 11.6 Å². The van der Waals surface area contributed by atoms with Crippen LogP contribution in [0.25, 0.3) is 0 Å². The third kappa shape index (κ3) is 4.61. The highest BCUT2D eigenvalue weighted by Crippen LogP contribution is 2.24. The number of fused-ring (bicyclic) bond motifs is 1. The van der Waals surface area contributed by atoms with Gasteiger partial charge in [-0.2, -0.15) is 0 Å². The van der Waals surface area contributed by atoms with Gasteiger partial charge in [-0.25, -0.2) is 0 Å². The van der Waals surface area contributed by atoms with Gasteiger partial charge >= 0.3 is 0 Å². The number of pyridine rings is 1. The first-order valence-electron chi connectivity index (χ1n) is 8.84. The van der Waals surface area contributed by atoms with Gasteiger partial charge in [-0.05, 0) is 61.4 Å². The standard InChI is InChI=1S/C20H22ClN3O2/c1-13(15-7-6-14-4-2-3-5-16(14)10-15)24-19(25)12-23-20(26)18-11-17(21)8-9-22-18/h6-11,13H,2-5,12H2,1H3,(H,23,26)(H,24,25)/t13-/m1/s1. The summed E-state index contributed by atoms with van der Waals surface area (Å²) in [6, 6.07) is 9.36. The predicted molar refractivity (Wildman–Crippen MR) is 101 cm³/mol. The molecule has 0 saturated carbocycles.